The molecule has 0 spiro atoms. The lowest BCUT2D eigenvalue weighted by Crippen LogP contribution is -2.12. The highest BCUT2D eigenvalue weighted by Gasteiger charge is 2.14. The van der Waals surface area contributed by atoms with E-state index in [-0.39, 0.29) is 5.91 Å². The molecule has 1 aromatic carbocycles. The molecule has 1 N–H and O–H groups in total. The van der Waals surface area contributed by atoms with Gasteiger partial charge in [0.15, 0.2) is 10.8 Å². The summed E-state index contributed by atoms with van der Waals surface area (Å²) in [6.45, 7) is 1.88. The summed E-state index contributed by atoms with van der Waals surface area (Å²) >= 11 is 13.5. The van der Waals surface area contributed by atoms with Crippen LogP contribution in [0.5, 0.6) is 0 Å². The van der Waals surface area contributed by atoms with Crippen LogP contribution in [-0.4, -0.2) is 20.7 Å². The maximum absolute atomic E-state index is 12.2. The van der Waals surface area contributed by atoms with Crippen molar-refractivity contribution in [1.29, 1.82) is 0 Å². The third-order valence-electron chi connectivity index (χ3n) is 3.28. The van der Waals surface area contributed by atoms with Gasteiger partial charge in [0, 0.05) is 28.7 Å². The molecule has 0 aliphatic carbocycles. The Labute approximate surface area is 146 Å². The van der Waals surface area contributed by atoms with Crippen LogP contribution in [0.15, 0.2) is 29.6 Å². The lowest BCUT2D eigenvalue weighted by Gasteiger charge is -2.01. The van der Waals surface area contributed by atoms with Crippen LogP contribution >= 0.6 is 34.5 Å². The van der Waals surface area contributed by atoms with Crippen molar-refractivity contribution in [3.8, 4) is 11.3 Å². The van der Waals surface area contributed by atoms with Gasteiger partial charge in [0.1, 0.15) is 0 Å². The molecule has 0 unspecified atom stereocenters. The lowest BCUT2D eigenvalue weighted by atomic mass is 10.2. The number of carbonyl (C=O) groups is 1. The number of hydrogen-bond donors (Lipinski definition) is 1. The number of halogens is 2. The van der Waals surface area contributed by atoms with Crippen LogP contribution in [-0.2, 0) is 7.05 Å². The summed E-state index contributed by atoms with van der Waals surface area (Å²) in [4.78, 5) is 16.6. The summed E-state index contributed by atoms with van der Waals surface area (Å²) in [7, 11) is 1.79. The van der Waals surface area contributed by atoms with Crippen molar-refractivity contribution in [1.82, 2.24) is 14.8 Å². The first-order valence-corrected chi connectivity index (χ1v) is 8.30. The Hall–Kier alpha value is -1.89. The van der Waals surface area contributed by atoms with Crippen molar-refractivity contribution < 1.29 is 4.79 Å². The first-order valence-electron chi connectivity index (χ1n) is 6.67. The van der Waals surface area contributed by atoms with Gasteiger partial charge >= 0.3 is 0 Å². The Morgan fingerprint density at radius 2 is 2.09 bits per heavy atom. The first-order chi connectivity index (χ1) is 10.9. The summed E-state index contributed by atoms with van der Waals surface area (Å²) in [5, 5.41) is 10.3. The molecule has 0 aliphatic heterocycles. The summed E-state index contributed by atoms with van der Waals surface area (Å²) in [6.07, 6.45) is 0. The number of rotatable bonds is 3. The summed E-state index contributed by atoms with van der Waals surface area (Å²) in [5.41, 5.74) is 2.64. The minimum Gasteiger partial charge on any atom is -0.296 e. The summed E-state index contributed by atoms with van der Waals surface area (Å²) < 4.78 is 1.65. The Balaban J connectivity index is 1.82. The molecule has 0 saturated carbocycles. The zero-order valence-corrected chi connectivity index (χ0v) is 14.6. The SMILES string of the molecule is Cc1cc(C(=O)Nc2nc(-c3cc(Cl)ccc3Cl)cs2)nn1C. The van der Waals surface area contributed by atoms with Gasteiger partial charge in [0.05, 0.1) is 10.7 Å². The number of nitrogens with zero attached hydrogens (tertiary/aromatic N) is 3. The molecule has 0 saturated heterocycles. The smallest absolute Gasteiger partial charge is 0.277 e. The number of carbonyl (C=O) groups excluding carboxylic acids is 1. The Morgan fingerprint density at radius 1 is 1.30 bits per heavy atom. The fourth-order valence-corrected chi connectivity index (χ4v) is 3.07. The van der Waals surface area contributed by atoms with Gasteiger partial charge in [-0.2, -0.15) is 5.10 Å². The maximum atomic E-state index is 12.2. The Morgan fingerprint density at radius 3 is 2.78 bits per heavy atom. The summed E-state index contributed by atoms with van der Waals surface area (Å²) in [5.74, 6) is -0.299. The van der Waals surface area contributed by atoms with E-state index in [2.05, 4.69) is 15.4 Å². The molecule has 0 bridgehead atoms. The average Bonchev–Trinajstić information content (AvgIpc) is 3.09. The van der Waals surface area contributed by atoms with E-state index in [1.165, 1.54) is 11.3 Å². The molecule has 5 nitrogen and oxygen atoms in total. The van der Waals surface area contributed by atoms with Crippen molar-refractivity contribution in [3.05, 3.63) is 51.1 Å². The van der Waals surface area contributed by atoms with Crippen LogP contribution in [0.25, 0.3) is 11.3 Å². The maximum Gasteiger partial charge on any atom is 0.277 e. The molecule has 3 aromatic rings. The van der Waals surface area contributed by atoms with Gasteiger partial charge in [-0.3, -0.25) is 14.8 Å². The highest BCUT2D eigenvalue weighted by atomic mass is 35.5. The van der Waals surface area contributed by atoms with Crippen molar-refractivity contribution in [2.24, 2.45) is 7.05 Å². The molecule has 23 heavy (non-hydrogen) atoms. The molecule has 2 heterocycles. The van der Waals surface area contributed by atoms with Crippen LogP contribution in [0.4, 0.5) is 5.13 Å². The zero-order chi connectivity index (χ0) is 16.6. The standard InChI is InChI=1S/C15H12Cl2N4OS/c1-8-5-12(20-21(8)2)14(22)19-15-18-13(7-23-15)10-6-9(16)3-4-11(10)17/h3-7H,1-2H3,(H,18,19,22). The highest BCUT2D eigenvalue weighted by molar-refractivity contribution is 7.14. The minimum atomic E-state index is -0.299. The quantitative estimate of drug-likeness (QED) is 0.746. The second-order valence-corrected chi connectivity index (χ2v) is 6.61. The van der Waals surface area contributed by atoms with Gasteiger partial charge in [-0.15, -0.1) is 11.3 Å². The molecule has 0 radical (unpaired) electrons. The van der Waals surface area contributed by atoms with Crippen molar-refractivity contribution in [3.63, 3.8) is 0 Å². The van der Waals surface area contributed by atoms with Gasteiger partial charge < -0.3 is 0 Å². The van der Waals surface area contributed by atoms with Gasteiger partial charge in [-0.05, 0) is 31.2 Å². The monoisotopic (exact) mass is 366 g/mol. The molecule has 0 aliphatic rings. The van der Waals surface area contributed by atoms with Crippen LogP contribution in [0.2, 0.25) is 10.0 Å². The number of benzene rings is 1. The van der Waals surface area contributed by atoms with E-state index in [9.17, 15) is 4.79 Å². The van der Waals surface area contributed by atoms with E-state index in [0.29, 0.717) is 26.6 Å². The van der Waals surface area contributed by atoms with Crippen LogP contribution < -0.4 is 5.32 Å². The number of thiazole rings is 1. The van der Waals surface area contributed by atoms with E-state index in [4.69, 9.17) is 23.2 Å². The molecule has 0 fully saturated rings. The summed E-state index contributed by atoms with van der Waals surface area (Å²) in [6, 6.07) is 6.89. The van der Waals surface area contributed by atoms with E-state index in [1.54, 1.807) is 36.0 Å². The van der Waals surface area contributed by atoms with E-state index < -0.39 is 0 Å². The number of amides is 1. The van der Waals surface area contributed by atoms with E-state index in [1.807, 2.05) is 12.3 Å². The number of anilines is 1. The number of nitrogens with one attached hydrogen (secondary N) is 1. The molecule has 2 aromatic heterocycles. The van der Waals surface area contributed by atoms with E-state index in [0.717, 1.165) is 11.3 Å². The normalized spacial score (nSPS) is 10.8. The lowest BCUT2D eigenvalue weighted by molar-refractivity contribution is 0.102. The molecule has 1 amide bonds. The number of aromatic nitrogens is 3. The molecule has 0 atom stereocenters. The Bertz CT molecular complexity index is 868. The molecular formula is C15H12Cl2N4OS. The topological polar surface area (TPSA) is 59.8 Å². The molecular weight excluding hydrogens is 355 g/mol. The van der Waals surface area contributed by atoms with Gasteiger partial charge in [-0.1, -0.05) is 23.2 Å². The fraction of sp³-hybridized carbons (Fsp3) is 0.133. The highest BCUT2D eigenvalue weighted by Crippen LogP contribution is 2.32. The third kappa shape index (κ3) is 3.39. The van der Waals surface area contributed by atoms with Crippen LogP contribution in [0, 0.1) is 6.92 Å². The largest absolute Gasteiger partial charge is 0.296 e. The zero-order valence-electron chi connectivity index (χ0n) is 12.3. The number of hydrogen-bond acceptors (Lipinski definition) is 4. The third-order valence-corrected chi connectivity index (χ3v) is 4.60. The van der Waals surface area contributed by atoms with Gasteiger partial charge in [0.25, 0.3) is 5.91 Å². The van der Waals surface area contributed by atoms with E-state index >= 15 is 0 Å². The second-order valence-electron chi connectivity index (χ2n) is 4.91. The van der Waals surface area contributed by atoms with Gasteiger partial charge in [0.2, 0.25) is 0 Å². The predicted molar refractivity (Wildman–Crippen MR) is 93.5 cm³/mol. The molecule has 8 heteroatoms. The van der Waals surface area contributed by atoms with Gasteiger partial charge in [-0.25, -0.2) is 4.98 Å². The van der Waals surface area contributed by atoms with Crippen LogP contribution in [0.3, 0.4) is 0 Å². The van der Waals surface area contributed by atoms with Crippen molar-refractivity contribution in [2.45, 2.75) is 6.92 Å². The minimum absolute atomic E-state index is 0.299. The van der Waals surface area contributed by atoms with Crippen LogP contribution in [0.1, 0.15) is 16.2 Å². The number of aryl methyl sites for hydroxylation is 2. The average molecular weight is 367 g/mol. The molecule has 3 rings (SSSR count). The van der Waals surface area contributed by atoms with Crippen molar-refractivity contribution >= 4 is 45.6 Å². The first kappa shape index (κ1) is 16.0. The molecule has 118 valence electrons. The van der Waals surface area contributed by atoms with Crippen molar-refractivity contribution in [2.75, 3.05) is 5.32 Å². The fourth-order valence-electron chi connectivity index (χ4n) is 1.98. The predicted octanol–water partition coefficient (Wildman–Crippen LogP) is 4.41. The Kier molecular flexibility index (Phi) is 4.39. The second kappa shape index (κ2) is 6.31.